The van der Waals surface area contributed by atoms with Gasteiger partial charge < -0.3 is 10.2 Å². The van der Waals surface area contributed by atoms with Crippen molar-refractivity contribution in [1.29, 1.82) is 0 Å². The van der Waals surface area contributed by atoms with Gasteiger partial charge in [-0.25, -0.2) is 4.39 Å². The van der Waals surface area contributed by atoms with Crippen LogP contribution in [0, 0.1) is 11.7 Å². The lowest BCUT2D eigenvalue weighted by atomic mass is 9.97. The zero-order valence-electron chi connectivity index (χ0n) is 12.0. The molecule has 1 aliphatic rings. The second-order valence-electron chi connectivity index (χ2n) is 5.88. The zero-order valence-corrected chi connectivity index (χ0v) is 12.0. The number of halogens is 1. The normalized spacial score (nSPS) is 22.4. The maximum atomic E-state index is 13.6. The van der Waals surface area contributed by atoms with Gasteiger partial charge in [0.25, 0.3) is 0 Å². The Labute approximate surface area is 116 Å². The zero-order chi connectivity index (χ0) is 13.7. The Morgan fingerprint density at radius 1 is 1.42 bits per heavy atom. The Bertz CT molecular complexity index is 394. The fourth-order valence-corrected chi connectivity index (χ4v) is 2.87. The third-order valence-corrected chi connectivity index (χ3v) is 3.96. The first-order valence-electron chi connectivity index (χ1n) is 7.30. The smallest absolute Gasteiger partial charge is 0.126 e. The number of rotatable bonds is 5. The molecule has 2 unspecified atom stereocenters. The van der Waals surface area contributed by atoms with E-state index in [0.717, 1.165) is 24.4 Å². The van der Waals surface area contributed by atoms with Gasteiger partial charge in [-0.3, -0.25) is 0 Å². The largest absolute Gasteiger partial charge is 0.314 e. The SMILES string of the molecule is CC(Cc1ccccc1F)NCC1CCCN(C)C1. The standard InChI is InChI=1S/C16H25FN2/c1-13(10-15-7-3-4-8-16(15)17)18-11-14-6-5-9-19(2)12-14/h3-4,7-8,13-14,18H,5-6,9-12H2,1-2H3. The molecule has 1 fully saturated rings. The average molecular weight is 264 g/mol. The van der Waals surface area contributed by atoms with E-state index in [1.54, 1.807) is 6.07 Å². The molecule has 2 atom stereocenters. The van der Waals surface area contributed by atoms with Crippen LogP contribution in [0.2, 0.25) is 0 Å². The van der Waals surface area contributed by atoms with Gasteiger partial charge in [-0.15, -0.1) is 0 Å². The van der Waals surface area contributed by atoms with Crippen LogP contribution >= 0.6 is 0 Å². The van der Waals surface area contributed by atoms with E-state index in [2.05, 4.69) is 24.2 Å². The number of benzene rings is 1. The highest BCUT2D eigenvalue weighted by atomic mass is 19.1. The number of nitrogens with zero attached hydrogens (tertiary/aromatic N) is 1. The first-order chi connectivity index (χ1) is 9.15. The molecule has 1 N–H and O–H groups in total. The third-order valence-electron chi connectivity index (χ3n) is 3.96. The number of piperidine rings is 1. The quantitative estimate of drug-likeness (QED) is 0.879. The van der Waals surface area contributed by atoms with Gasteiger partial charge in [-0.05, 0) is 63.9 Å². The average Bonchev–Trinajstić information content (AvgIpc) is 2.39. The Morgan fingerprint density at radius 3 is 2.95 bits per heavy atom. The summed E-state index contributed by atoms with van der Waals surface area (Å²) in [5.41, 5.74) is 0.809. The molecule has 2 nitrogen and oxygen atoms in total. The molecule has 0 amide bonds. The van der Waals surface area contributed by atoms with E-state index < -0.39 is 0 Å². The van der Waals surface area contributed by atoms with Crippen molar-refractivity contribution in [3.05, 3.63) is 35.6 Å². The van der Waals surface area contributed by atoms with Crippen molar-refractivity contribution >= 4 is 0 Å². The molecule has 0 saturated carbocycles. The number of nitrogens with one attached hydrogen (secondary N) is 1. The van der Waals surface area contributed by atoms with Crippen LogP contribution < -0.4 is 5.32 Å². The van der Waals surface area contributed by atoms with Crippen LogP contribution in [0.25, 0.3) is 0 Å². The maximum Gasteiger partial charge on any atom is 0.126 e. The molecule has 1 saturated heterocycles. The molecule has 0 radical (unpaired) electrons. The molecule has 1 aliphatic heterocycles. The van der Waals surface area contributed by atoms with Gasteiger partial charge in [0.15, 0.2) is 0 Å². The van der Waals surface area contributed by atoms with Crippen LogP contribution in [0.4, 0.5) is 4.39 Å². The van der Waals surface area contributed by atoms with Crippen LogP contribution in [0.5, 0.6) is 0 Å². The summed E-state index contributed by atoms with van der Waals surface area (Å²) < 4.78 is 13.6. The Morgan fingerprint density at radius 2 is 2.21 bits per heavy atom. The Hall–Kier alpha value is -0.930. The lowest BCUT2D eigenvalue weighted by Crippen LogP contribution is -2.40. The number of hydrogen-bond donors (Lipinski definition) is 1. The maximum absolute atomic E-state index is 13.6. The molecule has 106 valence electrons. The van der Waals surface area contributed by atoms with Crippen molar-refractivity contribution in [2.45, 2.75) is 32.2 Å². The van der Waals surface area contributed by atoms with E-state index in [1.807, 2.05) is 12.1 Å². The predicted octanol–water partition coefficient (Wildman–Crippen LogP) is 2.69. The first kappa shape index (κ1) is 14.5. The molecule has 1 heterocycles. The summed E-state index contributed by atoms with van der Waals surface area (Å²) in [5.74, 6) is 0.648. The molecule has 1 aromatic rings. The van der Waals surface area contributed by atoms with Crippen LogP contribution in [-0.4, -0.2) is 37.6 Å². The molecular formula is C16H25FN2. The van der Waals surface area contributed by atoms with Crippen molar-refractivity contribution in [3.63, 3.8) is 0 Å². The molecular weight excluding hydrogens is 239 g/mol. The lowest BCUT2D eigenvalue weighted by Gasteiger charge is -2.30. The van der Waals surface area contributed by atoms with Crippen LogP contribution in [-0.2, 0) is 6.42 Å². The van der Waals surface area contributed by atoms with E-state index in [1.165, 1.54) is 32.0 Å². The highest BCUT2D eigenvalue weighted by Gasteiger charge is 2.17. The van der Waals surface area contributed by atoms with E-state index in [4.69, 9.17) is 0 Å². The van der Waals surface area contributed by atoms with Gasteiger partial charge in [0, 0.05) is 12.6 Å². The fraction of sp³-hybridized carbons (Fsp3) is 0.625. The molecule has 3 heteroatoms. The summed E-state index contributed by atoms with van der Waals surface area (Å²) >= 11 is 0. The van der Waals surface area contributed by atoms with Crippen molar-refractivity contribution in [3.8, 4) is 0 Å². The minimum Gasteiger partial charge on any atom is -0.314 e. The van der Waals surface area contributed by atoms with Crippen LogP contribution in [0.15, 0.2) is 24.3 Å². The van der Waals surface area contributed by atoms with Crippen molar-refractivity contribution in [2.24, 2.45) is 5.92 Å². The summed E-state index contributed by atoms with van der Waals surface area (Å²) in [7, 11) is 2.19. The first-order valence-corrected chi connectivity index (χ1v) is 7.30. The summed E-state index contributed by atoms with van der Waals surface area (Å²) in [6, 6.07) is 7.39. The Kier molecular flexibility index (Phi) is 5.34. The van der Waals surface area contributed by atoms with Gasteiger partial charge in [0.05, 0.1) is 0 Å². The second-order valence-corrected chi connectivity index (χ2v) is 5.88. The lowest BCUT2D eigenvalue weighted by molar-refractivity contribution is 0.203. The fourth-order valence-electron chi connectivity index (χ4n) is 2.87. The topological polar surface area (TPSA) is 15.3 Å². The van der Waals surface area contributed by atoms with Crippen molar-refractivity contribution in [1.82, 2.24) is 10.2 Å². The predicted molar refractivity (Wildman–Crippen MR) is 77.8 cm³/mol. The molecule has 2 rings (SSSR count). The molecule has 1 aromatic carbocycles. The number of hydrogen-bond acceptors (Lipinski definition) is 2. The molecule has 0 spiro atoms. The number of likely N-dealkylation sites (tertiary alicyclic amines) is 1. The Balaban J connectivity index is 1.75. The van der Waals surface area contributed by atoms with Crippen LogP contribution in [0.1, 0.15) is 25.3 Å². The van der Waals surface area contributed by atoms with Crippen molar-refractivity contribution in [2.75, 3.05) is 26.7 Å². The highest BCUT2D eigenvalue weighted by Crippen LogP contribution is 2.15. The summed E-state index contributed by atoms with van der Waals surface area (Å²) in [6.07, 6.45) is 3.36. The van der Waals surface area contributed by atoms with Crippen molar-refractivity contribution < 1.29 is 4.39 Å². The highest BCUT2D eigenvalue weighted by molar-refractivity contribution is 5.18. The molecule has 0 aromatic heterocycles. The van der Waals surface area contributed by atoms with Gasteiger partial charge in [0.1, 0.15) is 5.82 Å². The molecule has 0 bridgehead atoms. The molecule has 19 heavy (non-hydrogen) atoms. The van der Waals surface area contributed by atoms with Gasteiger partial charge in [-0.1, -0.05) is 18.2 Å². The van der Waals surface area contributed by atoms with E-state index in [9.17, 15) is 4.39 Å². The summed E-state index contributed by atoms with van der Waals surface area (Å²) in [4.78, 5) is 2.40. The minimum absolute atomic E-state index is 0.0893. The van der Waals surface area contributed by atoms with E-state index in [-0.39, 0.29) is 5.82 Å². The van der Waals surface area contributed by atoms with Gasteiger partial charge in [-0.2, -0.15) is 0 Å². The van der Waals surface area contributed by atoms with Gasteiger partial charge >= 0.3 is 0 Å². The van der Waals surface area contributed by atoms with Crippen LogP contribution in [0.3, 0.4) is 0 Å². The van der Waals surface area contributed by atoms with E-state index in [0.29, 0.717) is 6.04 Å². The molecule has 0 aliphatic carbocycles. The second kappa shape index (κ2) is 7.01. The minimum atomic E-state index is -0.0893. The third kappa shape index (κ3) is 4.59. The monoisotopic (exact) mass is 264 g/mol. The van der Waals surface area contributed by atoms with E-state index >= 15 is 0 Å². The summed E-state index contributed by atoms with van der Waals surface area (Å²) in [6.45, 7) is 5.58. The summed E-state index contributed by atoms with van der Waals surface area (Å²) in [5, 5.41) is 3.56. The van der Waals surface area contributed by atoms with Gasteiger partial charge in [0.2, 0.25) is 0 Å².